The lowest BCUT2D eigenvalue weighted by Crippen LogP contribution is -2.29. The van der Waals surface area contributed by atoms with Gasteiger partial charge in [-0.2, -0.15) is 0 Å². The van der Waals surface area contributed by atoms with Gasteiger partial charge in [0, 0.05) is 17.4 Å². The van der Waals surface area contributed by atoms with Crippen LogP contribution in [-0.4, -0.2) is 21.2 Å². The number of aromatic carboxylic acids is 1. The summed E-state index contributed by atoms with van der Waals surface area (Å²) in [6, 6.07) is 22.1. The molecular weight excluding hydrogens is 446 g/mol. The normalized spacial score (nSPS) is 17.6. The average molecular weight is 470 g/mol. The number of anilines is 1. The molecular formula is C27H23N3O3S. The van der Waals surface area contributed by atoms with Crippen molar-refractivity contribution in [2.45, 2.75) is 25.9 Å². The first kappa shape index (κ1) is 21.9. The van der Waals surface area contributed by atoms with Crippen LogP contribution in [-0.2, 0) is 0 Å². The van der Waals surface area contributed by atoms with E-state index < -0.39 is 5.97 Å². The molecule has 0 radical (unpaired) electrons. The lowest BCUT2D eigenvalue weighted by Gasteiger charge is -2.26. The molecule has 5 rings (SSSR count). The molecule has 2 N–H and O–H groups in total. The van der Waals surface area contributed by atoms with E-state index in [2.05, 4.69) is 47.2 Å². The second-order valence-electron chi connectivity index (χ2n) is 8.35. The van der Waals surface area contributed by atoms with E-state index in [0.717, 1.165) is 11.4 Å². The summed E-state index contributed by atoms with van der Waals surface area (Å²) in [6.07, 6.45) is 1.76. The maximum absolute atomic E-state index is 11.4. The van der Waals surface area contributed by atoms with Crippen LogP contribution in [0.2, 0.25) is 0 Å². The maximum Gasteiger partial charge on any atom is 0.335 e. The van der Waals surface area contributed by atoms with Crippen LogP contribution < -0.4 is 10.2 Å². The number of furan rings is 1. The number of carboxylic acids is 1. The Hall–Kier alpha value is -3.97. The first-order valence-corrected chi connectivity index (χ1v) is 11.3. The summed E-state index contributed by atoms with van der Waals surface area (Å²) >= 11 is 5.78. The van der Waals surface area contributed by atoms with Gasteiger partial charge in [0.05, 0.1) is 17.3 Å². The summed E-state index contributed by atoms with van der Waals surface area (Å²) < 4.78 is 6.33. The molecule has 4 aromatic rings. The van der Waals surface area contributed by atoms with Crippen molar-refractivity contribution in [3.63, 3.8) is 0 Å². The summed E-state index contributed by atoms with van der Waals surface area (Å²) in [7, 11) is 0. The molecule has 2 aromatic heterocycles. The zero-order chi connectivity index (χ0) is 23.8. The van der Waals surface area contributed by atoms with Gasteiger partial charge in [0.1, 0.15) is 17.6 Å². The number of thiocarbonyl (C=S) groups is 1. The zero-order valence-electron chi connectivity index (χ0n) is 18.7. The van der Waals surface area contributed by atoms with Crippen molar-refractivity contribution in [1.82, 2.24) is 10.3 Å². The summed E-state index contributed by atoms with van der Waals surface area (Å²) in [5.74, 6) is 0.322. The van der Waals surface area contributed by atoms with E-state index in [-0.39, 0.29) is 17.6 Å². The third-order valence-corrected chi connectivity index (χ3v) is 6.49. The molecule has 2 aromatic carbocycles. The highest BCUT2D eigenvalue weighted by Crippen LogP contribution is 2.43. The van der Waals surface area contributed by atoms with Gasteiger partial charge in [0.2, 0.25) is 0 Å². The standard InChI is InChI=1S/C27H23N3O3S/c1-16-9-10-20(14-17(16)2)30-25(24(29-27(30)34)21-8-3-4-13-28-21)23-12-11-22(33-23)18-6-5-7-19(15-18)26(31)32/h3-15,24-25H,1-2H3,(H,29,34)(H,31,32)/t24-,25-/m1/s1. The average Bonchev–Trinajstić information content (AvgIpc) is 3.46. The Morgan fingerprint density at radius 3 is 2.62 bits per heavy atom. The first-order chi connectivity index (χ1) is 16.4. The Balaban J connectivity index is 1.60. The van der Waals surface area contributed by atoms with Gasteiger partial charge in [-0.05, 0) is 85.7 Å². The van der Waals surface area contributed by atoms with Crippen LogP contribution >= 0.6 is 12.2 Å². The number of carbonyl (C=O) groups is 1. The molecule has 34 heavy (non-hydrogen) atoms. The minimum Gasteiger partial charge on any atom is -0.478 e. The van der Waals surface area contributed by atoms with Crippen LogP contribution in [0.1, 0.15) is 45.0 Å². The van der Waals surface area contributed by atoms with Crippen LogP contribution in [0, 0.1) is 13.8 Å². The number of benzene rings is 2. The van der Waals surface area contributed by atoms with Gasteiger partial charge in [-0.15, -0.1) is 0 Å². The second-order valence-corrected chi connectivity index (χ2v) is 8.74. The first-order valence-electron chi connectivity index (χ1n) is 10.9. The van der Waals surface area contributed by atoms with Crippen molar-refractivity contribution in [2.75, 3.05) is 4.90 Å². The molecule has 170 valence electrons. The number of aromatic nitrogens is 1. The smallest absolute Gasteiger partial charge is 0.335 e. The monoisotopic (exact) mass is 469 g/mol. The minimum atomic E-state index is -0.977. The van der Waals surface area contributed by atoms with E-state index in [1.165, 1.54) is 11.1 Å². The van der Waals surface area contributed by atoms with Gasteiger partial charge in [-0.1, -0.05) is 24.3 Å². The number of hydrogen-bond donors (Lipinski definition) is 2. The lowest BCUT2D eigenvalue weighted by molar-refractivity contribution is 0.0697. The fourth-order valence-electron chi connectivity index (χ4n) is 4.27. The number of hydrogen-bond acceptors (Lipinski definition) is 4. The number of pyridine rings is 1. The fourth-order valence-corrected chi connectivity index (χ4v) is 4.62. The summed E-state index contributed by atoms with van der Waals surface area (Å²) in [5.41, 5.74) is 5.11. The highest BCUT2D eigenvalue weighted by atomic mass is 32.1. The van der Waals surface area contributed by atoms with E-state index in [4.69, 9.17) is 16.6 Å². The molecule has 1 saturated heterocycles. The van der Waals surface area contributed by atoms with Gasteiger partial charge in [0.15, 0.2) is 5.11 Å². The van der Waals surface area contributed by atoms with Crippen molar-refractivity contribution in [3.8, 4) is 11.3 Å². The third-order valence-electron chi connectivity index (χ3n) is 6.18. The Bertz CT molecular complexity index is 1380. The van der Waals surface area contributed by atoms with Crippen molar-refractivity contribution in [2.24, 2.45) is 0 Å². The number of nitrogens with one attached hydrogen (secondary N) is 1. The number of aryl methyl sites for hydroxylation is 2. The Kier molecular flexibility index (Phi) is 5.63. The molecule has 0 saturated carbocycles. The Morgan fingerprint density at radius 1 is 1.03 bits per heavy atom. The highest BCUT2D eigenvalue weighted by Gasteiger charge is 2.42. The Labute approximate surface area is 202 Å². The van der Waals surface area contributed by atoms with Crippen molar-refractivity contribution in [1.29, 1.82) is 0 Å². The number of rotatable bonds is 5. The van der Waals surface area contributed by atoms with Crippen LogP contribution in [0.25, 0.3) is 11.3 Å². The molecule has 0 bridgehead atoms. The number of carboxylic acid groups (broad SMARTS) is 1. The van der Waals surface area contributed by atoms with Gasteiger partial charge in [-0.25, -0.2) is 4.79 Å². The molecule has 3 heterocycles. The molecule has 7 heteroatoms. The van der Waals surface area contributed by atoms with Crippen LogP contribution in [0.5, 0.6) is 0 Å². The van der Waals surface area contributed by atoms with Gasteiger partial charge in [0.25, 0.3) is 0 Å². The summed E-state index contributed by atoms with van der Waals surface area (Å²) in [5, 5.41) is 13.4. The SMILES string of the molecule is Cc1ccc(N2C(=S)N[C@H](c3ccccn3)[C@H]2c2ccc(-c3cccc(C(=O)O)c3)o2)cc1C. The topological polar surface area (TPSA) is 78.6 Å². The number of nitrogens with zero attached hydrogens (tertiary/aromatic N) is 2. The van der Waals surface area contributed by atoms with Crippen molar-refractivity contribution < 1.29 is 14.3 Å². The zero-order valence-corrected chi connectivity index (χ0v) is 19.5. The van der Waals surface area contributed by atoms with Crippen LogP contribution in [0.3, 0.4) is 0 Å². The Morgan fingerprint density at radius 2 is 1.88 bits per heavy atom. The lowest BCUT2D eigenvalue weighted by atomic mass is 10.0. The maximum atomic E-state index is 11.4. The van der Waals surface area contributed by atoms with Crippen molar-refractivity contribution >= 4 is 29.0 Å². The molecule has 0 spiro atoms. The van der Waals surface area contributed by atoms with Crippen LogP contribution in [0.15, 0.2) is 83.4 Å². The molecule has 1 aliphatic heterocycles. The van der Waals surface area contributed by atoms with Crippen molar-refractivity contribution in [3.05, 3.63) is 107 Å². The predicted octanol–water partition coefficient (Wildman–Crippen LogP) is 5.83. The van der Waals surface area contributed by atoms with Gasteiger partial charge >= 0.3 is 5.97 Å². The van der Waals surface area contributed by atoms with E-state index >= 15 is 0 Å². The molecule has 0 amide bonds. The predicted molar refractivity (Wildman–Crippen MR) is 135 cm³/mol. The van der Waals surface area contributed by atoms with Gasteiger partial charge < -0.3 is 19.7 Å². The molecule has 0 aliphatic carbocycles. The van der Waals surface area contributed by atoms with Gasteiger partial charge in [-0.3, -0.25) is 4.98 Å². The van der Waals surface area contributed by atoms with E-state index in [1.54, 1.807) is 24.4 Å². The molecule has 6 nitrogen and oxygen atoms in total. The van der Waals surface area contributed by atoms with E-state index in [9.17, 15) is 9.90 Å². The second kappa shape index (κ2) is 8.76. The molecule has 2 atom stereocenters. The quantitative estimate of drug-likeness (QED) is 0.356. The fraction of sp³-hybridized carbons (Fsp3) is 0.148. The molecule has 1 aliphatic rings. The van der Waals surface area contributed by atoms with E-state index in [0.29, 0.717) is 22.2 Å². The largest absolute Gasteiger partial charge is 0.478 e. The molecule has 0 unspecified atom stereocenters. The van der Waals surface area contributed by atoms with E-state index in [1.807, 2.05) is 36.4 Å². The summed E-state index contributed by atoms with van der Waals surface area (Å²) in [6.45, 7) is 4.16. The minimum absolute atomic E-state index is 0.210. The molecule has 1 fully saturated rings. The van der Waals surface area contributed by atoms with Crippen LogP contribution in [0.4, 0.5) is 5.69 Å². The highest BCUT2D eigenvalue weighted by molar-refractivity contribution is 7.80. The summed E-state index contributed by atoms with van der Waals surface area (Å²) in [4.78, 5) is 18.1. The third kappa shape index (κ3) is 3.95.